The van der Waals surface area contributed by atoms with Gasteiger partial charge in [-0.05, 0) is 36.5 Å². The molecule has 2 heterocycles. The Morgan fingerprint density at radius 3 is 2.59 bits per heavy atom. The molecule has 2 aromatic carbocycles. The van der Waals surface area contributed by atoms with Gasteiger partial charge in [0.25, 0.3) is 0 Å². The highest BCUT2D eigenvalue weighted by atomic mass is 16.5. The molecule has 5 heteroatoms. The predicted molar refractivity (Wildman–Crippen MR) is 113 cm³/mol. The molecule has 0 amide bonds. The maximum atomic E-state index is 13.2. The lowest BCUT2D eigenvalue weighted by molar-refractivity contribution is -0.136. The second-order valence-electron chi connectivity index (χ2n) is 7.14. The molecule has 0 N–H and O–H groups in total. The van der Waals surface area contributed by atoms with Gasteiger partial charge in [0, 0.05) is 5.57 Å². The zero-order valence-corrected chi connectivity index (χ0v) is 16.9. The molecule has 1 aromatic heterocycles. The fourth-order valence-electron chi connectivity index (χ4n) is 3.86. The Kier molecular flexibility index (Phi) is 5.56. The van der Waals surface area contributed by atoms with Crippen molar-refractivity contribution in [3.63, 3.8) is 0 Å². The first-order valence-corrected chi connectivity index (χ1v) is 10.2. The number of carbonyl (C=O) groups excluding carboxylic acids is 1. The van der Waals surface area contributed by atoms with Crippen molar-refractivity contribution >= 4 is 17.1 Å². The molecule has 3 aromatic rings. The molecule has 148 valence electrons. The number of benzene rings is 2. The number of aromatic nitrogens is 3. The zero-order chi connectivity index (χ0) is 20.2. The van der Waals surface area contributed by atoms with Gasteiger partial charge >= 0.3 is 5.97 Å². The third-order valence-corrected chi connectivity index (χ3v) is 5.21. The first kappa shape index (κ1) is 19.1. The van der Waals surface area contributed by atoms with Crippen molar-refractivity contribution in [3.8, 4) is 0 Å². The third-order valence-electron chi connectivity index (χ3n) is 5.21. The summed E-state index contributed by atoms with van der Waals surface area (Å²) in [5.74, 6) is -0.310. The molecule has 0 aliphatic carbocycles. The molecule has 0 unspecified atom stereocenters. The number of nitrogens with zero attached hydrogens (tertiary/aromatic N) is 3. The van der Waals surface area contributed by atoms with E-state index in [0.717, 1.165) is 52.9 Å². The van der Waals surface area contributed by atoms with Gasteiger partial charge in [0.15, 0.2) is 0 Å². The molecular formula is C24H25N3O2. The fraction of sp³-hybridized carbons (Fsp3) is 0.292. The van der Waals surface area contributed by atoms with E-state index in [4.69, 9.17) is 4.74 Å². The van der Waals surface area contributed by atoms with E-state index >= 15 is 0 Å². The molecule has 0 fully saturated rings. The summed E-state index contributed by atoms with van der Waals surface area (Å²) in [6, 6.07) is 18.0. The number of unbranched alkanes of at least 4 members (excludes halogenated alkanes) is 1. The molecule has 5 nitrogen and oxygen atoms in total. The van der Waals surface area contributed by atoms with Gasteiger partial charge in [-0.15, -0.1) is 5.10 Å². The van der Waals surface area contributed by atoms with E-state index in [-0.39, 0.29) is 5.97 Å². The highest BCUT2D eigenvalue weighted by Crippen LogP contribution is 2.38. The van der Waals surface area contributed by atoms with Crippen LogP contribution in [0.25, 0.3) is 11.1 Å². The molecule has 0 spiro atoms. The van der Waals surface area contributed by atoms with Crippen LogP contribution in [0, 0.1) is 0 Å². The van der Waals surface area contributed by atoms with Crippen LogP contribution >= 0.6 is 0 Å². The second kappa shape index (κ2) is 8.43. The Morgan fingerprint density at radius 2 is 1.83 bits per heavy atom. The fourth-order valence-corrected chi connectivity index (χ4v) is 3.86. The number of hydrogen-bond acceptors (Lipinski definition) is 4. The SMILES string of the molecule is CCCCc1nnn2c1C(c1ccccc1)=C(C(=O)OCC)c1ccccc1C2. The summed E-state index contributed by atoms with van der Waals surface area (Å²) in [4.78, 5) is 13.2. The molecule has 0 saturated heterocycles. The molecule has 1 aliphatic heterocycles. The van der Waals surface area contributed by atoms with Crippen LogP contribution < -0.4 is 0 Å². The topological polar surface area (TPSA) is 57.0 Å². The minimum Gasteiger partial charge on any atom is -0.462 e. The number of esters is 1. The number of rotatable bonds is 6. The van der Waals surface area contributed by atoms with E-state index in [0.29, 0.717) is 18.7 Å². The molecule has 1 aliphatic rings. The van der Waals surface area contributed by atoms with Gasteiger partial charge < -0.3 is 4.74 Å². The predicted octanol–water partition coefficient (Wildman–Crippen LogP) is 4.50. The van der Waals surface area contributed by atoms with Gasteiger partial charge in [-0.1, -0.05) is 73.2 Å². The Morgan fingerprint density at radius 1 is 1.07 bits per heavy atom. The average molecular weight is 387 g/mol. The number of hydrogen-bond donors (Lipinski definition) is 0. The van der Waals surface area contributed by atoms with Crippen molar-refractivity contribution < 1.29 is 9.53 Å². The average Bonchev–Trinajstić information content (AvgIpc) is 3.06. The molecule has 4 rings (SSSR count). The van der Waals surface area contributed by atoms with Crippen LogP contribution in [-0.4, -0.2) is 27.6 Å². The van der Waals surface area contributed by atoms with Crippen LogP contribution in [-0.2, 0) is 22.5 Å². The van der Waals surface area contributed by atoms with Gasteiger partial charge in [0.05, 0.1) is 30.1 Å². The summed E-state index contributed by atoms with van der Waals surface area (Å²) >= 11 is 0. The molecule has 0 saturated carbocycles. The summed E-state index contributed by atoms with van der Waals surface area (Å²) in [5, 5.41) is 8.96. The molecular weight excluding hydrogens is 362 g/mol. The summed E-state index contributed by atoms with van der Waals surface area (Å²) in [6.07, 6.45) is 2.92. The third kappa shape index (κ3) is 3.60. The highest BCUT2D eigenvalue weighted by Gasteiger charge is 2.31. The van der Waals surface area contributed by atoms with Crippen molar-refractivity contribution in [2.75, 3.05) is 6.61 Å². The second-order valence-corrected chi connectivity index (χ2v) is 7.14. The largest absolute Gasteiger partial charge is 0.462 e. The van der Waals surface area contributed by atoms with E-state index in [1.807, 2.05) is 66.2 Å². The van der Waals surface area contributed by atoms with Crippen molar-refractivity contribution in [2.45, 2.75) is 39.7 Å². The normalized spacial score (nSPS) is 12.9. The lowest BCUT2D eigenvalue weighted by Crippen LogP contribution is -2.11. The quantitative estimate of drug-likeness (QED) is 0.584. The summed E-state index contributed by atoms with van der Waals surface area (Å²) in [5.41, 5.74) is 6.20. The molecule has 0 radical (unpaired) electrons. The first-order chi connectivity index (χ1) is 14.2. The van der Waals surface area contributed by atoms with Gasteiger partial charge in [-0.2, -0.15) is 0 Å². The van der Waals surface area contributed by atoms with Crippen molar-refractivity contribution in [1.82, 2.24) is 15.0 Å². The summed E-state index contributed by atoms with van der Waals surface area (Å²) in [7, 11) is 0. The Balaban J connectivity index is 2.06. The van der Waals surface area contributed by atoms with E-state index in [9.17, 15) is 4.79 Å². The number of fused-ring (bicyclic) bond motifs is 2. The molecule has 29 heavy (non-hydrogen) atoms. The van der Waals surface area contributed by atoms with Crippen molar-refractivity contribution in [2.24, 2.45) is 0 Å². The van der Waals surface area contributed by atoms with Crippen LogP contribution in [0.1, 0.15) is 54.8 Å². The first-order valence-electron chi connectivity index (χ1n) is 10.2. The maximum Gasteiger partial charge on any atom is 0.339 e. The minimum absolute atomic E-state index is 0.310. The number of ether oxygens (including phenoxy) is 1. The number of aryl methyl sites for hydroxylation is 1. The van der Waals surface area contributed by atoms with E-state index < -0.39 is 0 Å². The maximum absolute atomic E-state index is 13.2. The summed E-state index contributed by atoms with van der Waals surface area (Å²) in [6.45, 7) is 4.90. The van der Waals surface area contributed by atoms with Crippen LogP contribution in [0.2, 0.25) is 0 Å². The van der Waals surface area contributed by atoms with Crippen LogP contribution in [0.15, 0.2) is 54.6 Å². The van der Waals surface area contributed by atoms with E-state index in [1.165, 1.54) is 0 Å². The monoisotopic (exact) mass is 387 g/mol. The molecule has 0 atom stereocenters. The minimum atomic E-state index is -0.310. The lowest BCUT2D eigenvalue weighted by atomic mass is 9.90. The van der Waals surface area contributed by atoms with Crippen LogP contribution in [0.3, 0.4) is 0 Å². The van der Waals surface area contributed by atoms with Crippen molar-refractivity contribution in [1.29, 1.82) is 0 Å². The van der Waals surface area contributed by atoms with Gasteiger partial charge in [0.1, 0.15) is 0 Å². The van der Waals surface area contributed by atoms with Gasteiger partial charge in [0.2, 0.25) is 0 Å². The smallest absolute Gasteiger partial charge is 0.339 e. The Bertz CT molecular complexity index is 1050. The van der Waals surface area contributed by atoms with Crippen LogP contribution in [0.5, 0.6) is 0 Å². The Labute approximate surface area is 171 Å². The van der Waals surface area contributed by atoms with Crippen LogP contribution in [0.4, 0.5) is 0 Å². The zero-order valence-electron chi connectivity index (χ0n) is 16.9. The summed E-state index contributed by atoms with van der Waals surface area (Å²) < 4.78 is 7.44. The standard InChI is InChI=1S/C24H25N3O2/c1-3-5-15-20-23-21(17-11-7-6-8-12-17)22(24(28)29-4-2)19-14-10-9-13-18(19)16-27(23)26-25-20/h6-14H,3-5,15-16H2,1-2H3. The highest BCUT2D eigenvalue weighted by molar-refractivity contribution is 6.27. The van der Waals surface area contributed by atoms with Crippen molar-refractivity contribution in [3.05, 3.63) is 82.7 Å². The van der Waals surface area contributed by atoms with Gasteiger partial charge in [-0.3, -0.25) is 0 Å². The lowest BCUT2D eigenvalue weighted by Gasteiger charge is -2.15. The van der Waals surface area contributed by atoms with E-state index in [2.05, 4.69) is 17.2 Å². The van der Waals surface area contributed by atoms with Gasteiger partial charge in [-0.25, -0.2) is 9.48 Å². The van der Waals surface area contributed by atoms with E-state index in [1.54, 1.807) is 0 Å². The Hall–Kier alpha value is -3.21. The molecule has 0 bridgehead atoms. The number of carbonyl (C=O) groups is 1.